The summed E-state index contributed by atoms with van der Waals surface area (Å²) in [7, 11) is -7.95. The minimum absolute atomic E-state index is 0.0390. The van der Waals surface area contributed by atoms with Crippen molar-refractivity contribution in [1.29, 1.82) is 0 Å². The number of carbonyl (C=O) groups is 1. The molecule has 0 radical (unpaired) electrons. The summed E-state index contributed by atoms with van der Waals surface area (Å²) in [6, 6.07) is 21.2. The van der Waals surface area contributed by atoms with Gasteiger partial charge < -0.3 is 5.32 Å². The van der Waals surface area contributed by atoms with Crippen LogP contribution in [0, 0.1) is 13.8 Å². The molecule has 202 valence electrons. The number of aryl methyl sites for hydroxylation is 2. The first kappa shape index (κ1) is 28.4. The van der Waals surface area contributed by atoms with Crippen molar-refractivity contribution in [2.45, 2.75) is 23.6 Å². The van der Waals surface area contributed by atoms with E-state index in [4.69, 9.17) is 23.2 Å². The molecule has 0 aliphatic rings. The number of anilines is 3. The molecular weight excluding hydrogens is 581 g/mol. The Hall–Kier alpha value is -3.57. The Labute approximate surface area is 237 Å². The van der Waals surface area contributed by atoms with E-state index in [9.17, 15) is 21.6 Å². The van der Waals surface area contributed by atoms with Gasteiger partial charge in [-0.05, 0) is 80.1 Å². The standard InChI is InChI=1S/C27H23Cl2N3O5S2/c1-17-6-10-21(11-7-17)31-39(36,37)25-16-19(9-8-18(25)2)27(33)30-20-12-14-22(15-13-20)38(34,35)32-24-5-3-4-23(28)26(24)29/h3-16,31-32H,1-2H3,(H,30,33). The lowest BCUT2D eigenvalue weighted by atomic mass is 10.1. The number of rotatable bonds is 8. The molecule has 0 bridgehead atoms. The average Bonchev–Trinajstić information content (AvgIpc) is 2.88. The molecule has 1 amide bonds. The van der Waals surface area contributed by atoms with E-state index < -0.39 is 26.0 Å². The van der Waals surface area contributed by atoms with Crippen molar-refractivity contribution in [3.63, 3.8) is 0 Å². The van der Waals surface area contributed by atoms with Crippen LogP contribution in [0.25, 0.3) is 0 Å². The Morgan fingerprint density at radius 1 is 0.718 bits per heavy atom. The second kappa shape index (κ2) is 11.3. The maximum atomic E-state index is 13.0. The van der Waals surface area contributed by atoms with E-state index in [0.717, 1.165) is 5.56 Å². The van der Waals surface area contributed by atoms with Gasteiger partial charge in [-0.15, -0.1) is 0 Å². The molecule has 0 atom stereocenters. The number of sulfonamides is 2. The molecule has 4 aromatic carbocycles. The third-order valence-electron chi connectivity index (χ3n) is 5.66. The van der Waals surface area contributed by atoms with E-state index in [1.165, 1.54) is 48.5 Å². The summed E-state index contributed by atoms with van der Waals surface area (Å²) in [6.07, 6.45) is 0. The number of hydrogen-bond acceptors (Lipinski definition) is 5. The van der Waals surface area contributed by atoms with Crippen molar-refractivity contribution >= 4 is 66.2 Å². The predicted molar refractivity (Wildman–Crippen MR) is 155 cm³/mol. The minimum atomic E-state index is -3.98. The molecule has 4 aromatic rings. The monoisotopic (exact) mass is 603 g/mol. The summed E-state index contributed by atoms with van der Waals surface area (Å²) < 4.78 is 56.5. The zero-order valence-electron chi connectivity index (χ0n) is 20.7. The highest BCUT2D eigenvalue weighted by molar-refractivity contribution is 7.93. The highest BCUT2D eigenvalue weighted by Gasteiger charge is 2.20. The Morgan fingerprint density at radius 3 is 2.03 bits per heavy atom. The van der Waals surface area contributed by atoms with Gasteiger partial charge >= 0.3 is 0 Å². The van der Waals surface area contributed by atoms with Gasteiger partial charge in [-0.25, -0.2) is 16.8 Å². The summed E-state index contributed by atoms with van der Waals surface area (Å²) in [5, 5.41) is 2.92. The SMILES string of the molecule is Cc1ccc(NS(=O)(=O)c2cc(C(=O)Nc3ccc(S(=O)(=O)Nc4cccc(Cl)c4Cl)cc3)ccc2C)cc1. The van der Waals surface area contributed by atoms with Crippen molar-refractivity contribution in [1.82, 2.24) is 0 Å². The molecule has 0 saturated carbocycles. The third kappa shape index (κ3) is 6.72. The largest absolute Gasteiger partial charge is 0.322 e. The minimum Gasteiger partial charge on any atom is -0.322 e. The van der Waals surface area contributed by atoms with Gasteiger partial charge in [0.1, 0.15) is 0 Å². The average molecular weight is 605 g/mol. The fourth-order valence-corrected chi connectivity index (χ4v) is 6.38. The molecule has 8 nitrogen and oxygen atoms in total. The number of amides is 1. The van der Waals surface area contributed by atoms with Crippen molar-refractivity contribution in [3.8, 4) is 0 Å². The molecule has 3 N–H and O–H groups in total. The Morgan fingerprint density at radius 2 is 1.36 bits per heavy atom. The van der Waals surface area contributed by atoms with Gasteiger partial charge in [0.05, 0.1) is 25.5 Å². The van der Waals surface area contributed by atoms with Crippen LogP contribution in [0.4, 0.5) is 17.1 Å². The van der Waals surface area contributed by atoms with Crippen molar-refractivity contribution < 1.29 is 21.6 Å². The molecular formula is C27H23Cl2N3O5S2. The molecule has 4 rings (SSSR count). The summed E-state index contributed by atoms with van der Waals surface area (Å²) in [5.41, 5.74) is 2.40. The first-order valence-electron chi connectivity index (χ1n) is 11.4. The number of hydrogen-bond donors (Lipinski definition) is 3. The molecule has 0 heterocycles. The van der Waals surface area contributed by atoms with E-state index in [2.05, 4.69) is 14.8 Å². The lowest BCUT2D eigenvalue weighted by Gasteiger charge is -2.13. The number of carbonyl (C=O) groups excluding carboxylic acids is 1. The van der Waals surface area contributed by atoms with E-state index in [1.807, 2.05) is 6.92 Å². The van der Waals surface area contributed by atoms with Crippen molar-refractivity contribution in [2.75, 3.05) is 14.8 Å². The smallest absolute Gasteiger partial charge is 0.262 e. The normalized spacial score (nSPS) is 11.6. The van der Waals surface area contributed by atoms with Gasteiger partial charge in [-0.3, -0.25) is 14.2 Å². The first-order chi connectivity index (χ1) is 18.4. The van der Waals surface area contributed by atoms with Crippen LogP contribution in [-0.4, -0.2) is 22.7 Å². The summed E-state index contributed by atoms with van der Waals surface area (Å²) in [6.45, 7) is 3.53. The predicted octanol–water partition coefficient (Wildman–Crippen LogP) is 6.46. The molecule has 0 saturated heterocycles. The molecule has 0 aliphatic heterocycles. The Kier molecular flexibility index (Phi) is 8.22. The summed E-state index contributed by atoms with van der Waals surface area (Å²) in [4.78, 5) is 12.8. The second-order valence-electron chi connectivity index (χ2n) is 8.64. The van der Waals surface area contributed by atoms with Gasteiger partial charge in [-0.1, -0.05) is 53.0 Å². The zero-order valence-corrected chi connectivity index (χ0v) is 23.8. The fourth-order valence-electron chi connectivity index (χ4n) is 3.57. The quantitative estimate of drug-likeness (QED) is 0.213. The molecule has 0 spiro atoms. The van der Waals surface area contributed by atoms with Crippen LogP contribution in [-0.2, 0) is 20.0 Å². The molecule has 0 aliphatic carbocycles. The van der Waals surface area contributed by atoms with Crippen LogP contribution in [0.5, 0.6) is 0 Å². The molecule has 0 aromatic heterocycles. The maximum Gasteiger partial charge on any atom is 0.262 e. The highest BCUT2D eigenvalue weighted by atomic mass is 35.5. The molecule has 39 heavy (non-hydrogen) atoms. The van der Waals surface area contributed by atoms with Crippen LogP contribution in [0.15, 0.2) is 94.7 Å². The van der Waals surface area contributed by atoms with Crippen molar-refractivity contribution in [2.24, 2.45) is 0 Å². The fraction of sp³-hybridized carbons (Fsp3) is 0.0741. The first-order valence-corrected chi connectivity index (χ1v) is 15.2. The summed E-state index contributed by atoms with van der Waals surface area (Å²) in [5.74, 6) is -0.568. The highest BCUT2D eigenvalue weighted by Crippen LogP contribution is 2.31. The van der Waals surface area contributed by atoms with E-state index >= 15 is 0 Å². The number of benzene rings is 4. The topological polar surface area (TPSA) is 121 Å². The van der Waals surface area contributed by atoms with Crippen LogP contribution in [0.2, 0.25) is 10.0 Å². The molecule has 0 fully saturated rings. The maximum absolute atomic E-state index is 13.0. The van der Waals surface area contributed by atoms with Gasteiger partial charge in [-0.2, -0.15) is 0 Å². The Bertz CT molecular complexity index is 1760. The molecule has 12 heteroatoms. The van der Waals surface area contributed by atoms with Gasteiger partial charge in [0.15, 0.2) is 0 Å². The van der Waals surface area contributed by atoms with E-state index in [0.29, 0.717) is 16.9 Å². The third-order valence-corrected chi connectivity index (χ3v) is 9.39. The zero-order chi connectivity index (χ0) is 28.4. The van der Waals surface area contributed by atoms with E-state index in [-0.39, 0.29) is 31.1 Å². The van der Waals surface area contributed by atoms with E-state index in [1.54, 1.807) is 43.3 Å². The van der Waals surface area contributed by atoms with Crippen LogP contribution in [0.1, 0.15) is 21.5 Å². The van der Waals surface area contributed by atoms with Gasteiger partial charge in [0.2, 0.25) is 0 Å². The van der Waals surface area contributed by atoms with Crippen LogP contribution in [0.3, 0.4) is 0 Å². The lowest BCUT2D eigenvalue weighted by Crippen LogP contribution is -2.17. The lowest BCUT2D eigenvalue weighted by molar-refractivity contribution is 0.102. The molecule has 0 unspecified atom stereocenters. The van der Waals surface area contributed by atoms with Crippen LogP contribution < -0.4 is 14.8 Å². The number of nitrogens with one attached hydrogen (secondary N) is 3. The summed E-state index contributed by atoms with van der Waals surface area (Å²) >= 11 is 12.0. The van der Waals surface area contributed by atoms with Gasteiger partial charge in [0.25, 0.3) is 26.0 Å². The van der Waals surface area contributed by atoms with Gasteiger partial charge in [0, 0.05) is 16.9 Å². The Balaban J connectivity index is 1.50. The number of halogens is 2. The van der Waals surface area contributed by atoms with Crippen molar-refractivity contribution in [3.05, 3.63) is 112 Å². The van der Waals surface area contributed by atoms with Crippen LogP contribution >= 0.6 is 23.2 Å². The second-order valence-corrected chi connectivity index (χ2v) is 12.8.